The molecular weight excluding hydrogens is 224 g/mol. The Balaban J connectivity index is 2.85. The molecule has 0 heterocycles. The molecule has 0 aromatic heterocycles. The summed E-state index contributed by atoms with van der Waals surface area (Å²) in [5, 5.41) is 0. The standard InChI is InChI=1S/C16H20O2/c1-4-9-14(5-2)15(16(17)18-3)12-13-10-7-6-8-11-13/h2,6-8,10-11,14-15H,4,9,12H2,1,3H3. The number of rotatable bonds is 6. The van der Waals surface area contributed by atoms with E-state index in [4.69, 9.17) is 11.2 Å². The summed E-state index contributed by atoms with van der Waals surface area (Å²) in [5.74, 6) is 2.22. The third kappa shape index (κ3) is 3.92. The van der Waals surface area contributed by atoms with Crippen molar-refractivity contribution in [1.29, 1.82) is 0 Å². The summed E-state index contributed by atoms with van der Waals surface area (Å²) in [6, 6.07) is 9.91. The van der Waals surface area contributed by atoms with Crippen LogP contribution in [0.15, 0.2) is 30.3 Å². The summed E-state index contributed by atoms with van der Waals surface area (Å²) in [6.45, 7) is 2.07. The molecule has 0 aliphatic carbocycles. The van der Waals surface area contributed by atoms with Crippen molar-refractivity contribution in [3.8, 4) is 12.3 Å². The van der Waals surface area contributed by atoms with Crippen molar-refractivity contribution in [2.45, 2.75) is 26.2 Å². The van der Waals surface area contributed by atoms with E-state index >= 15 is 0 Å². The zero-order chi connectivity index (χ0) is 13.4. The minimum Gasteiger partial charge on any atom is -0.469 e. The number of methoxy groups -OCH3 is 1. The quantitative estimate of drug-likeness (QED) is 0.568. The Morgan fingerprint density at radius 3 is 2.56 bits per heavy atom. The molecule has 0 aliphatic heterocycles. The van der Waals surface area contributed by atoms with Gasteiger partial charge in [-0.05, 0) is 18.4 Å². The van der Waals surface area contributed by atoms with Crippen molar-refractivity contribution in [3.63, 3.8) is 0 Å². The lowest BCUT2D eigenvalue weighted by Gasteiger charge is -2.20. The van der Waals surface area contributed by atoms with E-state index < -0.39 is 0 Å². The molecule has 1 rings (SSSR count). The van der Waals surface area contributed by atoms with Gasteiger partial charge in [-0.3, -0.25) is 4.79 Å². The Bertz CT molecular complexity index is 403. The molecule has 0 amide bonds. The first-order chi connectivity index (χ1) is 8.72. The van der Waals surface area contributed by atoms with E-state index in [2.05, 4.69) is 12.8 Å². The Kier molecular flexibility index (Phi) is 6.00. The molecule has 2 atom stereocenters. The molecule has 1 aromatic carbocycles. The molecule has 18 heavy (non-hydrogen) atoms. The Labute approximate surface area is 109 Å². The van der Waals surface area contributed by atoms with Crippen LogP contribution in [0.2, 0.25) is 0 Å². The average Bonchev–Trinajstić information content (AvgIpc) is 2.43. The molecule has 96 valence electrons. The summed E-state index contributed by atoms with van der Waals surface area (Å²) in [4.78, 5) is 11.9. The van der Waals surface area contributed by atoms with Gasteiger partial charge < -0.3 is 4.74 Å². The van der Waals surface area contributed by atoms with Crippen LogP contribution in [0.25, 0.3) is 0 Å². The van der Waals surface area contributed by atoms with Crippen LogP contribution in [0.1, 0.15) is 25.3 Å². The lowest BCUT2D eigenvalue weighted by molar-refractivity contribution is -0.146. The van der Waals surface area contributed by atoms with Crippen molar-refractivity contribution < 1.29 is 9.53 Å². The zero-order valence-corrected chi connectivity index (χ0v) is 11.1. The first-order valence-corrected chi connectivity index (χ1v) is 6.30. The van der Waals surface area contributed by atoms with Crippen molar-refractivity contribution in [2.75, 3.05) is 7.11 Å². The number of terminal acetylenes is 1. The van der Waals surface area contributed by atoms with Gasteiger partial charge in [-0.25, -0.2) is 0 Å². The Morgan fingerprint density at radius 1 is 1.39 bits per heavy atom. The highest BCUT2D eigenvalue weighted by Gasteiger charge is 2.27. The van der Waals surface area contributed by atoms with Crippen LogP contribution in [0.5, 0.6) is 0 Å². The van der Waals surface area contributed by atoms with Crippen LogP contribution in [0.3, 0.4) is 0 Å². The molecule has 1 aromatic rings. The summed E-state index contributed by atoms with van der Waals surface area (Å²) in [7, 11) is 1.42. The van der Waals surface area contributed by atoms with Gasteiger partial charge in [-0.1, -0.05) is 43.7 Å². The fraction of sp³-hybridized carbons (Fsp3) is 0.438. The van der Waals surface area contributed by atoms with Crippen molar-refractivity contribution in [2.24, 2.45) is 11.8 Å². The molecule has 0 radical (unpaired) electrons. The lowest BCUT2D eigenvalue weighted by Crippen LogP contribution is -2.26. The van der Waals surface area contributed by atoms with Gasteiger partial charge in [0.15, 0.2) is 0 Å². The zero-order valence-electron chi connectivity index (χ0n) is 11.1. The largest absolute Gasteiger partial charge is 0.469 e. The van der Waals surface area contributed by atoms with E-state index in [1.165, 1.54) is 7.11 Å². The maximum absolute atomic E-state index is 11.9. The second-order valence-corrected chi connectivity index (χ2v) is 4.38. The highest BCUT2D eigenvalue weighted by Crippen LogP contribution is 2.23. The second kappa shape index (κ2) is 7.55. The van der Waals surface area contributed by atoms with E-state index in [1.54, 1.807) is 0 Å². The summed E-state index contributed by atoms with van der Waals surface area (Å²) < 4.78 is 4.88. The summed E-state index contributed by atoms with van der Waals surface area (Å²) in [6.07, 6.45) is 8.01. The van der Waals surface area contributed by atoms with Gasteiger partial charge in [0, 0.05) is 5.92 Å². The van der Waals surface area contributed by atoms with Gasteiger partial charge in [0.25, 0.3) is 0 Å². The van der Waals surface area contributed by atoms with E-state index in [-0.39, 0.29) is 17.8 Å². The molecular formula is C16H20O2. The molecule has 0 spiro atoms. The fourth-order valence-electron chi connectivity index (χ4n) is 2.12. The van der Waals surface area contributed by atoms with E-state index in [0.717, 1.165) is 18.4 Å². The number of hydrogen-bond donors (Lipinski definition) is 0. The van der Waals surface area contributed by atoms with Gasteiger partial charge in [0.05, 0.1) is 13.0 Å². The van der Waals surface area contributed by atoms with Gasteiger partial charge in [-0.2, -0.15) is 0 Å². The van der Waals surface area contributed by atoms with Crippen LogP contribution < -0.4 is 0 Å². The maximum atomic E-state index is 11.9. The van der Waals surface area contributed by atoms with Crippen molar-refractivity contribution >= 4 is 5.97 Å². The minimum absolute atomic E-state index is 0.0531. The second-order valence-electron chi connectivity index (χ2n) is 4.38. The van der Waals surface area contributed by atoms with Gasteiger partial charge in [0.1, 0.15) is 0 Å². The monoisotopic (exact) mass is 244 g/mol. The van der Waals surface area contributed by atoms with Gasteiger partial charge in [0.2, 0.25) is 0 Å². The number of ether oxygens (including phenoxy) is 1. The minimum atomic E-state index is -0.248. The first kappa shape index (κ1) is 14.3. The molecule has 0 fully saturated rings. The van der Waals surface area contributed by atoms with Crippen LogP contribution in [-0.2, 0) is 16.0 Å². The van der Waals surface area contributed by atoms with E-state index in [0.29, 0.717) is 6.42 Å². The normalized spacial score (nSPS) is 13.4. The molecule has 2 heteroatoms. The fourth-order valence-corrected chi connectivity index (χ4v) is 2.12. The third-order valence-electron chi connectivity index (χ3n) is 3.10. The maximum Gasteiger partial charge on any atom is 0.310 e. The average molecular weight is 244 g/mol. The van der Waals surface area contributed by atoms with Crippen LogP contribution >= 0.6 is 0 Å². The summed E-state index contributed by atoms with van der Waals surface area (Å²) in [5.41, 5.74) is 1.12. The SMILES string of the molecule is C#CC(CCC)C(Cc1ccccc1)C(=O)OC. The van der Waals surface area contributed by atoms with Gasteiger partial charge in [-0.15, -0.1) is 12.3 Å². The smallest absolute Gasteiger partial charge is 0.310 e. The predicted molar refractivity (Wildman–Crippen MR) is 72.9 cm³/mol. The summed E-state index contributed by atoms with van der Waals surface area (Å²) >= 11 is 0. The van der Waals surface area contributed by atoms with Crippen molar-refractivity contribution in [1.82, 2.24) is 0 Å². The molecule has 0 saturated carbocycles. The van der Waals surface area contributed by atoms with Crippen LogP contribution in [-0.4, -0.2) is 13.1 Å². The highest BCUT2D eigenvalue weighted by atomic mass is 16.5. The molecule has 0 N–H and O–H groups in total. The number of carbonyl (C=O) groups is 1. The van der Waals surface area contributed by atoms with E-state index in [1.807, 2.05) is 30.3 Å². The highest BCUT2D eigenvalue weighted by molar-refractivity contribution is 5.73. The topological polar surface area (TPSA) is 26.3 Å². The van der Waals surface area contributed by atoms with E-state index in [9.17, 15) is 4.79 Å². The van der Waals surface area contributed by atoms with Crippen molar-refractivity contribution in [3.05, 3.63) is 35.9 Å². The van der Waals surface area contributed by atoms with Crippen LogP contribution in [0, 0.1) is 24.2 Å². The molecule has 2 unspecified atom stereocenters. The molecule has 2 nitrogen and oxygen atoms in total. The van der Waals surface area contributed by atoms with Gasteiger partial charge >= 0.3 is 5.97 Å². The number of benzene rings is 1. The first-order valence-electron chi connectivity index (χ1n) is 6.30. The number of hydrogen-bond acceptors (Lipinski definition) is 2. The molecule has 0 saturated heterocycles. The molecule has 0 bridgehead atoms. The number of esters is 1. The van der Waals surface area contributed by atoms with Crippen LogP contribution in [0.4, 0.5) is 0 Å². The lowest BCUT2D eigenvalue weighted by atomic mass is 9.84. The Morgan fingerprint density at radius 2 is 2.06 bits per heavy atom. The Hall–Kier alpha value is -1.75. The molecule has 0 aliphatic rings. The predicted octanol–water partition coefficient (Wildman–Crippen LogP) is 3.07. The number of carbonyl (C=O) groups excluding carboxylic acids is 1. The third-order valence-corrected chi connectivity index (χ3v) is 3.10.